The Balaban J connectivity index is 2.57. The summed E-state index contributed by atoms with van der Waals surface area (Å²) in [6.07, 6.45) is -0.616. The van der Waals surface area contributed by atoms with Gasteiger partial charge in [0.15, 0.2) is 5.96 Å². The van der Waals surface area contributed by atoms with Gasteiger partial charge in [0.1, 0.15) is 0 Å². The van der Waals surface area contributed by atoms with Crippen LogP contribution in [-0.2, 0) is 4.74 Å². The Labute approximate surface area is 150 Å². The van der Waals surface area contributed by atoms with E-state index in [0.29, 0.717) is 25.1 Å². The van der Waals surface area contributed by atoms with Crippen molar-refractivity contribution in [3.63, 3.8) is 0 Å². The number of aliphatic imine (C=N–C) groups is 1. The van der Waals surface area contributed by atoms with Crippen LogP contribution in [-0.4, -0.2) is 43.5 Å². The Kier molecular flexibility index (Phi) is 9.76. The summed E-state index contributed by atoms with van der Waals surface area (Å²) in [5.41, 5.74) is 1.01. The van der Waals surface area contributed by atoms with Crippen LogP contribution in [0.1, 0.15) is 39.3 Å². The number of aliphatic hydroxyl groups excluding tert-OH is 1. The highest BCUT2D eigenvalue weighted by Crippen LogP contribution is 2.21. The van der Waals surface area contributed by atoms with E-state index >= 15 is 0 Å². The Morgan fingerprint density at radius 1 is 1.25 bits per heavy atom. The molecule has 1 aromatic carbocycles. The maximum absolute atomic E-state index is 9.97. The molecule has 0 aromatic heterocycles. The number of aliphatic hydroxyl groups is 1. The van der Waals surface area contributed by atoms with Crippen LogP contribution in [0.25, 0.3) is 0 Å². The summed E-state index contributed by atoms with van der Waals surface area (Å²) in [5.74, 6) is 1.10. The molecule has 2 unspecified atom stereocenters. The SMILES string of the molecule is CCNC(=NCC(O)COCC(C)C)NC(C)c1ccccc1Cl. The lowest BCUT2D eigenvalue weighted by Gasteiger charge is -2.19. The third-order valence-electron chi connectivity index (χ3n) is 3.29. The lowest BCUT2D eigenvalue weighted by atomic mass is 10.1. The van der Waals surface area contributed by atoms with Gasteiger partial charge in [-0.15, -0.1) is 0 Å². The molecule has 24 heavy (non-hydrogen) atoms. The van der Waals surface area contributed by atoms with Crippen LogP contribution in [0.4, 0.5) is 0 Å². The molecular formula is C18H30ClN3O2. The van der Waals surface area contributed by atoms with Crippen molar-refractivity contribution >= 4 is 17.6 Å². The molecule has 0 heterocycles. The second-order valence-corrected chi connectivity index (χ2v) is 6.60. The summed E-state index contributed by atoms with van der Waals surface area (Å²) in [6.45, 7) is 10.1. The van der Waals surface area contributed by atoms with Gasteiger partial charge in [-0.25, -0.2) is 0 Å². The summed E-state index contributed by atoms with van der Waals surface area (Å²) >= 11 is 6.23. The van der Waals surface area contributed by atoms with E-state index in [1.54, 1.807) is 0 Å². The van der Waals surface area contributed by atoms with Gasteiger partial charge in [0.2, 0.25) is 0 Å². The molecule has 0 radical (unpaired) electrons. The third-order valence-corrected chi connectivity index (χ3v) is 3.63. The average molecular weight is 356 g/mol. The Morgan fingerprint density at radius 2 is 1.96 bits per heavy atom. The van der Waals surface area contributed by atoms with Gasteiger partial charge in [-0.05, 0) is 31.4 Å². The van der Waals surface area contributed by atoms with Gasteiger partial charge in [-0.2, -0.15) is 0 Å². The zero-order valence-electron chi connectivity index (χ0n) is 15.1. The number of ether oxygens (including phenoxy) is 1. The fraction of sp³-hybridized carbons (Fsp3) is 0.611. The van der Waals surface area contributed by atoms with E-state index in [4.69, 9.17) is 16.3 Å². The topological polar surface area (TPSA) is 65.9 Å². The van der Waals surface area contributed by atoms with Crippen molar-refractivity contribution in [1.29, 1.82) is 0 Å². The molecule has 6 heteroatoms. The second kappa shape index (κ2) is 11.3. The first-order chi connectivity index (χ1) is 11.4. The molecule has 0 aliphatic carbocycles. The third kappa shape index (κ3) is 7.99. The minimum atomic E-state index is -0.616. The maximum Gasteiger partial charge on any atom is 0.191 e. The largest absolute Gasteiger partial charge is 0.389 e. The monoisotopic (exact) mass is 355 g/mol. The van der Waals surface area contributed by atoms with E-state index in [9.17, 15) is 5.11 Å². The number of rotatable bonds is 9. The summed E-state index contributed by atoms with van der Waals surface area (Å²) < 4.78 is 5.44. The number of hydrogen-bond donors (Lipinski definition) is 3. The van der Waals surface area contributed by atoms with Crippen LogP contribution in [0, 0.1) is 5.92 Å². The minimum absolute atomic E-state index is 0.00540. The van der Waals surface area contributed by atoms with Crippen LogP contribution in [0.3, 0.4) is 0 Å². The molecule has 2 atom stereocenters. The van der Waals surface area contributed by atoms with Crippen molar-refractivity contribution in [2.24, 2.45) is 10.9 Å². The highest BCUT2D eigenvalue weighted by molar-refractivity contribution is 6.31. The van der Waals surface area contributed by atoms with Gasteiger partial charge in [-0.1, -0.05) is 43.6 Å². The quantitative estimate of drug-likeness (QED) is 0.470. The summed E-state index contributed by atoms with van der Waals surface area (Å²) in [6, 6.07) is 7.73. The lowest BCUT2D eigenvalue weighted by molar-refractivity contribution is 0.0301. The molecule has 1 aromatic rings. The average Bonchev–Trinajstić information content (AvgIpc) is 2.52. The van der Waals surface area contributed by atoms with Crippen molar-refractivity contribution in [3.8, 4) is 0 Å². The van der Waals surface area contributed by atoms with Crippen LogP contribution in [0.15, 0.2) is 29.3 Å². The van der Waals surface area contributed by atoms with Gasteiger partial charge in [0.25, 0.3) is 0 Å². The summed E-state index contributed by atoms with van der Waals surface area (Å²) in [5, 5.41) is 17.2. The van der Waals surface area contributed by atoms with E-state index in [0.717, 1.165) is 17.1 Å². The fourth-order valence-corrected chi connectivity index (χ4v) is 2.42. The molecule has 0 amide bonds. The molecule has 0 saturated carbocycles. The normalized spacial score (nSPS) is 14.5. The predicted molar refractivity (Wildman–Crippen MR) is 101 cm³/mol. The van der Waals surface area contributed by atoms with E-state index < -0.39 is 6.10 Å². The van der Waals surface area contributed by atoms with Crippen molar-refractivity contribution in [2.45, 2.75) is 39.8 Å². The number of halogens is 1. The van der Waals surface area contributed by atoms with Crippen molar-refractivity contribution in [3.05, 3.63) is 34.9 Å². The number of nitrogens with zero attached hydrogens (tertiary/aromatic N) is 1. The molecule has 0 bridgehead atoms. The zero-order chi connectivity index (χ0) is 17.9. The lowest BCUT2D eigenvalue weighted by Crippen LogP contribution is -2.39. The molecule has 0 saturated heterocycles. The molecule has 136 valence electrons. The standard InChI is InChI=1S/C18H30ClN3O2/c1-5-20-18(21-10-15(23)12-24-11-13(2)3)22-14(4)16-8-6-7-9-17(16)19/h6-9,13-15,23H,5,10-12H2,1-4H3,(H2,20,21,22). The summed E-state index contributed by atoms with van der Waals surface area (Å²) in [4.78, 5) is 4.43. The maximum atomic E-state index is 9.97. The van der Waals surface area contributed by atoms with Gasteiger partial charge in [-0.3, -0.25) is 4.99 Å². The number of benzene rings is 1. The van der Waals surface area contributed by atoms with E-state index in [1.807, 2.05) is 38.1 Å². The summed E-state index contributed by atoms with van der Waals surface area (Å²) in [7, 11) is 0. The van der Waals surface area contributed by atoms with Gasteiger partial charge < -0.3 is 20.5 Å². The predicted octanol–water partition coefficient (Wildman–Crippen LogP) is 2.99. The van der Waals surface area contributed by atoms with E-state index in [2.05, 4.69) is 29.5 Å². The first-order valence-corrected chi connectivity index (χ1v) is 8.86. The zero-order valence-corrected chi connectivity index (χ0v) is 15.8. The first kappa shape index (κ1) is 20.7. The molecule has 3 N–H and O–H groups in total. The van der Waals surface area contributed by atoms with Crippen LogP contribution < -0.4 is 10.6 Å². The van der Waals surface area contributed by atoms with Gasteiger partial charge >= 0.3 is 0 Å². The highest BCUT2D eigenvalue weighted by atomic mass is 35.5. The highest BCUT2D eigenvalue weighted by Gasteiger charge is 2.11. The molecule has 0 fully saturated rings. The molecule has 1 rings (SSSR count). The second-order valence-electron chi connectivity index (χ2n) is 6.19. The van der Waals surface area contributed by atoms with Crippen LogP contribution in [0.2, 0.25) is 5.02 Å². The minimum Gasteiger partial charge on any atom is -0.389 e. The van der Waals surface area contributed by atoms with E-state index in [-0.39, 0.29) is 12.6 Å². The Bertz CT molecular complexity index is 509. The van der Waals surface area contributed by atoms with Crippen molar-refractivity contribution in [2.75, 3.05) is 26.3 Å². The molecule has 0 aliphatic heterocycles. The number of guanidine groups is 1. The molecular weight excluding hydrogens is 326 g/mol. The molecule has 5 nitrogen and oxygen atoms in total. The Morgan fingerprint density at radius 3 is 2.58 bits per heavy atom. The van der Waals surface area contributed by atoms with Crippen LogP contribution in [0.5, 0.6) is 0 Å². The van der Waals surface area contributed by atoms with Crippen molar-refractivity contribution in [1.82, 2.24) is 10.6 Å². The van der Waals surface area contributed by atoms with Crippen LogP contribution >= 0.6 is 11.6 Å². The first-order valence-electron chi connectivity index (χ1n) is 8.49. The number of hydrogen-bond acceptors (Lipinski definition) is 3. The van der Waals surface area contributed by atoms with E-state index in [1.165, 1.54) is 0 Å². The molecule has 0 aliphatic rings. The van der Waals surface area contributed by atoms with Gasteiger partial charge in [0, 0.05) is 18.2 Å². The number of nitrogens with one attached hydrogen (secondary N) is 2. The smallest absolute Gasteiger partial charge is 0.191 e. The Hall–Kier alpha value is -1.30. The molecule has 0 spiro atoms. The van der Waals surface area contributed by atoms with Gasteiger partial charge in [0.05, 0.1) is 25.3 Å². The van der Waals surface area contributed by atoms with Crippen molar-refractivity contribution < 1.29 is 9.84 Å². The fourth-order valence-electron chi connectivity index (χ4n) is 2.12.